The summed E-state index contributed by atoms with van der Waals surface area (Å²) in [6.07, 6.45) is 1.80. The number of hydrogen-bond donors (Lipinski definition) is 1. The molecule has 0 bridgehead atoms. The van der Waals surface area contributed by atoms with Crippen LogP contribution in [0.5, 0.6) is 0 Å². The second-order valence-corrected chi connectivity index (χ2v) is 4.36. The number of fused-ring (bicyclic) bond motifs is 1. The van der Waals surface area contributed by atoms with Gasteiger partial charge in [0.05, 0.1) is 23.1 Å². The van der Waals surface area contributed by atoms with Crippen molar-refractivity contribution in [3.8, 4) is 11.3 Å². The van der Waals surface area contributed by atoms with Gasteiger partial charge in [0, 0.05) is 12.6 Å². The van der Waals surface area contributed by atoms with Crippen LogP contribution in [0.4, 0.5) is 5.82 Å². The molecule has 3 aromatic rings. The number of nitrogens with zero attached hydrogens (tertiary/aromatic N) is 4. The summed E-state index contributed by atoms with van der Waals surface area (Å²) in [5, 5.41) is 8.06. The van der Waals surface area contributed by atoms with Gasteiger partial charge in [0.25, 0.3) is 0 Å². The van der Waals surface area contributed by atoms with Crippen LogP contribution in [0, 0.1) is 6.92 Å². The van der Waals surface area contributed by atoms with Gasteiger partial charge in [-0.25, -0.2) is 4.98 Å². The lowest BCUT2D eigenvalue weighted by Gasteiger charge is -2.03. The van der Waals surface area contributed by atoms with Crippen LogP contribution < -0.4 is 5.73 Å². The van der Waals surface area contributed by atoms with Crippen molar-refractivity contribution in [3.05, 3.63) is 36.2 Å². The Morgan fingerprint density at radius 3 is 2.78 bits per heavy atom. The molecular weight excluding hydrogens is 226 g/mol. The van der Waals surface area contributed by atoms with Gasteiger partial charge in [0.15, 0.2) is 0 Å². The van der Waals surface area contributed by atoms with E-state index in [0.29, 0.717) is 5.82 Å². The zero-order valence-electron chi connectivity index (χ0n) is 10.3. The maximum atomic E-state index is 5.67. The molecule has 2 aromatic heterocycles. The van der Waals surface area contributed by atoms with Gasteiger partial charge >= 0.3 is 0 Å². The Kier molecular flexibility index (Phi) is 2.26. The van der Waals surface area contributed by atoms with Gasteiger partial charge in [0.1, 0.15) is 5.82 Å². The molecule has 0 spiro atoms. The zero-order chi connectivity index (χ0) is 12.7. The average molecular weight is 239 g/mol. The minimum atomic E-state index is 0.470. The minimum absolute atomic E-state index is 0.470. The van der Waals surface area contributed by atoms with Crippen LogP contribution in [0.15, 0.2) is 30.6 Å². The summed E-state index contributed by atoms with van der Waals surface area (Å²) < 4.78 is 1.99. The Morgan fingerprint density at radius 2 is 2.00 bits per heavy atom. The molecule has 0 aliphatic carbocycles. The molecule has 18 heavy (non-hydrogen) atoms. The summed E-state index contributed by atoms with van der Waals surface area (Å²) >= 11 is 0. The normalized spacial score (nSPS) is 11.0. The van der Waals surface area contributed by atoms with Gasteiger partial charge in [-0.05, 0) is 30.7 Å². The van der Waals surface area contributed by atoms with Crippen molar-refractivity contribution in [1.82, 2.24) is 19.7 Å². The highest BCUT2D eigenvalue weighted by Crippen LogP contribution is 2.23. The van der Waals surface area contributed by atoms with Gasteiger partial charge in [-0.15, -0.1) is 10.2 Å². The van der Waals surface area contributed by atoms with Crippen molar-refractivity contribution >= 4 is 16.9 Å². The monoisotopic (exact) mass is 239 g/mol. The number of nitrogens with two attached hydrogens (primary N) is 1. The Hall–Kier alpha value is -2.43. The third-order valence-corrected chi connectivity index (χ3v) is 3.04. The molecule has 1 aromatic carbocycles. The maximum Gasteiger partial charge on any atom is 0.149 e. The molecule has 0 radical (unpaired) electrons. The van der Waals surface area contributed by atoms with Crippen molar-refractivity contribution < 1.29 is 0 Å². The highest BCUT2D eigenvalue weighted by Gasteiger charge is 2.06. The first kappa shape index (κ1) is 10.7. The fourth-order valence-electron chi connectivity index (χ4n) is 1.93. The van der Waals surface area contributed by atoms with Gasteiger partial charge in [-0.2, -0.15) is 0 Å². The van der Waals surface area contributed by atoms with E-state index < -0.39 is 0 Å². The molecule has 90 valence electrons. The molecule has 0 aliphatic heterocycles. The molecule has 0 saturated heterocycles. The van der Waals surface area contributed by atoms with E-state index in [1.807, 2.05) is 42.8 Å². The first-order chi connectivity index (χ1) is 8.65. The fraction of sp³-hybridized carbons (Fsp3) is 0.154. The third-order valence-electron chi connectivity index (χ3n) is 3.04. The molecule has 0 fully saturated rings. The predicted octanol–water partition coefficient (Wildman–Crippen LogP) is 1.92. The molecule has 2 N–H and O–H groups in total. The van der Waals surface area contributed by atoms with E-state index in [4.69, 9.17) is 5.73 Å². The van der Waals surface area contributed by atoms with E-state index in [2.05, 4.69) is 15.2 Å². The molecular formula is C13H13N5. The van der Waals surface area contributed by atoms with E-state index >= 15 is 0 Å². The van der Waals surface area contributed by atoms with Gasteiger partial charge < -0.3 is 10.3 Å². The summed E-state index contributed by atoms with van der Waals surface area (Å²) in [5.41, 5.74) is 10.5. The van der Waals surface area contributed by atoms with Crippen molar-refractivity contribution in [2.45, 2.75) is 6.92 Å². The Morgan fingerprint density at radius 1 is 1.17 bits per heavy atom. The van der Waals surface area contributed by atoms with Crippen LogP contribution in [0.2, 0.25) is 0 Å². The molecule has 0 saturated carbocycles. The molecule has 0 aliphatic rings. The molecule has 0 unspecified atom stereocenters. The quantitative estimate of drug-likeness (QED) is 0.704. The van der Waals surface area contributed by atoms with E-state index in [-0.39, 0.29) is 0 Å². The van der Waals surface area contributed by atoms with Gasteiger partial charge in [-0.1, -0.05) is 6.07 Å². The van der Waals surface area contributed by atoms with Crippen LogP contribution in [-0.2, 0) is 7.05 Å². The third kappa shape index (κ3) is 1.60. The lowest BCUT2D eigenvalue weighted by molar-refractivity contribution is 0.947. The molecule has 2 heterocycles. The van der Waals surface area contributed by atoms with Crippen molar-refractivity contribution in [3.63, 3.8) is 0 Å². The number of hydrogen-bond acceptors (Lipinski definition) is 4. The number of imidazole rings is 1. The standard InChI is InChI=1S/C13H13N5/c1-8-5-10(16-17-13(8)14)9-3-4-12-11(6-9)15-7-18(12)2/h3-7H,1-2H3,(H2,14,17). The number of anilines is 1. The highest BCUT2D eigenvalue weighted by molar-refractivity contribution is 5.81. The Labute approximate surface area is 104 Å². The molecule has 0 amide bonds. The van der Waals surface area contributed by atoms with Crippen LogP contribution >= 0.6 is 0 Å². The lowest BCUT2D eigenvalue weighted by atomic mass is 10.1. The number of nitrogen functional groups attached to an aromatic ring is 1. The van der Waals surface area contributed by atoms with Crippen LogP contribution in [0.1, 0.15) is 5.56 Å². The topological polar surface area (TPSA) is 69.6 Å². The fourth-order valence-corrected chi connectivity index (χ4v) is 1.93. The van der Waals surface area contributed by atoms with Crippen LogP contribution in [-0.4, -0.2) is 19.7 Å². The van der Waals surface area contributed by atoms with E-state index in [9.17, 15) is 0 Å². The maximum absolute atomic E-state index is 5.67. The summed E-state index contributed by atoms with van der Waals surface area (Å²) in [5.74, 6) is 0.470. The second-order valence-electron chi connectivity index (χ2n) is 4.36. The van der Waals surface area contributed by atoms with Crippen molar-refractivity contribution in [2.24, 2.45) is 7.05 Å². The van der Waals surface area contributed by atoms with Gasteiger partial charge in [0.2, 0.25) is 0 Å². The van der Waals surface area contributed by atoms with Crippen molar-refractivity contribution in [1.29, 1.82) is 0 Å². The first-order valence-electron chi connectivity index (χ1n) is 5.66. The highest BCUT2D eigenvalue weighted by atomic mass is 15.1. The lowest BCUT2D eigenvalue weighted by Crippen LogP contribution is -1.97. The van der Waals surface area contributed by atoms with E-state index in [1.165, 1.54) is 0 Å². The molecule has 0 atom stereocenters. The van der Waals surface area contributed by atoms with E-state index in [1.54, 1.807) is 6.33 Å². The Bertz CT molecular complexity index is 729. The molecule has 5 heteroatoms. The summed E-state index contributed by atoms with van der Waals surface area (Å²) in [4.78, 5) is 4.33. The second kappa shape index (κ2) is 3.80. The minimum Gasteiger partial charge on any atom is -0.382 e. The van der Waals surface area contributed by atoms with Crippen LogP contribution in [0.25, 0.3) is 22.3 Å². The largest absolute Gasteiger partial charge is 0.382 e. The smallest absolute Gasteiger partial charge is 0.149 e. The summed E-state index contributed by atoms with van der Waals surface area (Å²) in [6, 6.07) is 8.00. The number of aryl methyl sites for hydroxylation is 2. The SMILES string of the molecule is Cc1cc(-c2ccc3c(c2)ncn3C)nnc1N. The number of benzene rings is 1. The number of rotatable bonds is 1. The molecule has 5 nitrogen and oxygen atoms in total. The zero-order valence-corrected chi connectivity index (χ0v) is 10.3. The predicted molar refractivity (Wildman–Crippen MR) is 70.9 cm³/mol. The van der Waals surface area contributed by atoms with Gasteiger partial charge in [-0.3, -0.25) is 0 Å². The summed E-state index contributed by atoms with van der Waals surface area (Å²) in [7, 11) is 1.97. The van der Waals surface area contributed by atoms with Crippen molar-refractivity contribution in [2.75, 3.05) is 5.73 Å². The first-order valence-corrected chi connectivity index (χ1v) is 5.66. The van der Waals surface area contributed by atoms with E-state index in [0.717, 1.165) is 27.9 Å². The average Bonchev–Trinajstić information content (AvgIpc) is 2.74. The number of aromatic nitrogens is 4. The Balaban J connectivity index is 2.16. The summed E-state index contributed by atoms with van der Waals surface area (Å²) in [6.45, 7) is 1.92. The molecule has 3 rings (SSSR count). The van der Waals surface area contributed by atoms with Crippen LogP contribution in [0.3, 0.4) is 0 Å².